The van der Waals surface area contributed by atoms with Crippen molar-refractivity contribution in [1.82, 2.24) is 10.9 Å². The van der Waals surface area contributed by atoms with Crippen molar-refractivity contribution in [2.75, 3.05) is 19.8 Å². The van der Waals surface area contributed by atoms with Crippen LogP contribution in [0, 0.1) is 5.92 Å². The summed E-state index contributed by atoms with van der Waals surface area (Å²) in [4.78, 5) is 18.5. The SMILES string of the molecule is C[C@@H]1OC(c2ccc(OCCCO)cc2)=N[C@]1(C/C=C/c1ccccc1)C(=O)NNCC1CCCCC1. The Kier molecular flexibility index (Phi) is 9.74. The normalized spacial score (nSPS) is 22.0. The molecule has 0 spiro atoms. The fourth-order valence-corrected chi connectivity index (χ4v) is 4.90. The molecule has 1 aliphatic heterocycles. The summed E-state index contributed by atoms with van der Waals surface area (Å²) in [6.45, 7) is 3.22. The molecule has 0 aromatic heterocycles. The van der Waals surface area contributed by atoms with E-state index in [1.807, 2.05) is 73.7 Å². The van der Waals surface area contributed by atoms with Gasteiger partial charge in [-0.3, -0.25) is 10.2 Å². The zero-order valence-corrected chi connectivity index (χ0v) is 21.7. The van der Waals surface area contributed by atoms with Gasteiger partial charge in [-0.2, -0.15) is 0 Å². The highest BCUT2D eigenvalue weighted by Crippen LogP contribution is 2.33. The third kappa shape index (κ3) is 7.21. The number of ether oxygens (including phenoxy) is 2. The first-order valence-electron chi connectivity index (χ1n) is 13.5. The Bertz CT molecular complexity index is 1050. The van der Waals surface area contributed by atoms with Crippen LogP contribution in [0.15, 0.2) is 65.7 Å². The summed E-state index contributed by atoms with van der Waals surface area (Å²) in [5.74, 6) is 1.57. The Hall–Kier alpha value is -3.16. The van der Waals surface area contributed by atoms with Gasteiger partial charge in [-0.15, -0.1) is 0 Å². The Morgan fingerprint density at radius 3 is 2.62 bits per heavy atom. The first-order chi connectivity index (χ1) is 18.1. The molecule has 7 nitrogen and oxygen atoms in total. The third-order valence-corrected chi connectivity index (χ3v) is 7.18. The number of nitrogens with zero attached hydrogens (tertiary/aromatic N) is 1. The molecule has 0 unspecified atom stereocenters. The number of carbonyl (C=O) groups excluding carboxylic acids is 1. The van der Waals surface area contributed by atoms with Crippen LogP contribution in [-0.2, 0) is 9.53 Å². The summed E-state index contributed by atoms with van der Waals surface area (Å²) in [6.07, 6.45) is 10.8. The number of rotatable bonds is 12. The second kappa shape index (κ2) is 13.4. The third-order valence-electron chi connectivity index (χ3n) is 7.18. The summed E-state index contributed by atoms with van der Waals surface area (Å²) in [7, 11) is 0. The zero-order valence-electron chi connectivity index (χ0n) is 21.7. The van der Waals surface area contributed by atoms with E-state index in [1.165, 1.54) is 32.1 Å². The molecular formula is C30H39N3O4. The van der Waals surface area contributed by atoms with Crippen molar-refractivity contribution < 1.29 is 19.4 Å². The average Bonchev–Trinajstić information content (AvgIpc) is 3.27. The summed E-state index contributed by atoms with van der Waals surface area (Å²) in [5.41, 5.74) is 6.91. The van der Waals surface area contributed by atoms with E-state index >= 15 is 0 Å². The van der Waals surface area contributed by atoms with E-state index < -0.39 is 11.6 Å². The van der Waals surface area contributed by atoms with E-state index in [9.17, 15) is 4.79 Å². The molecule has 3 N–H and O–H groups in total. The van der Waals surface area contributed by atoms with Crippen LogP contribution < -0.4 is 15.6 Å². The number of benzene rings is 2. The molecule has 1 amide bonds. The molecule has 198 valence electrons. The molecule has 1 saturated carbocycles. The fraction of sp³-hybridized carbons (Fsp3) is 0.467. The minimum absolute atomic E-state index is 0.0962. The van der Waals surface area contributed by atoms with Crippen LogP contribution in [-0.4, -0.2) is 48.3 Å². The lowest BCUT2D eigenvalue weighted by Gasteiger charge is -2.28. The van der Waals surface area contributed by atoms with E-state index in [0.29, 0.717) is 37.0 Å². The number of amides is 1. The second-order valence-corrected chi connectivity index (χ2v) is 9.91. The molecule has 2 atom stereocenters. The maximum atomic E-state index is 13.6. The van der Waals surface area contributed by atoms with Crippen molar-refractivity contribution in [2.45, 2.75) is 63.5 Å². The fourth-order valence-electron chi connectivity index (χ4n) is 4.90. The molecule has 0 radical (unpaired) electrons. The van der Waals surface area contributed by atoms with E-state index in [1.54, 1.807) is 0 Å². The highest BCUT2D eigenvalue weighted by atomic mass is 16.5. The van der Waals surface area contributed by atoms with Gasteiger partial charge in [-0.25, -0.2) is 10.4 Å². The summed E-state index contributed by atoms with van der Waals surface area (Å²) in [6, 6.07) is 17.5. The largest absolute Gasteiger partial charge is 0.494 e. The predicted molar refractivity (Wildman–Crippen MR) is 146 cm³/mol. The zero-order chi connectivity index (χ0) is 25.9. The van der Waals surface area contributed by atoms with E-state index in [-0.39, 0.29) is 12.5 Å². The van der Waals surface area contributed by atoms with Crippen LogP contribution in [0.4, 0.5) is 0 Å². The smallest absolute Gasteiger partial charge is 0.266 e. The van der Waals surface area contributed by atoms with Gasteiger partial charge in [-0.05, 0) is 55.5 Å². The minimum atomic E-state index is -1.09. The summed E-state index contributed by atoms with van der Waals surface area (Å²) < 4.78 is 11.8. The van der Waals surface area contributed by atoms with Gasteiger partial charge < -0.3 is 14.6 Å². The monoisotopic (exact) mass is 505 g/mol. The summed E-state index contributed by atoms with van der Waals surface area (Å²) >= 11 is 0. The Balaban J connectivity index is 1.49. The van der Waals surface area contributed by atoms with Crippen molar-refractivity contribution in [1.29, 1.82) is 0 Å². The quantitative estimate of drug-likeness (QED) is 0.288. The molecule has 2 aromatic rings. The van der Waals surface area contributed by atoms with Gasteiger partial charge in [0, 0.05) is 31.6 Å². The van der Waals surface area contributed by atoms with Crippen LogP contribution in [0.1, 0.15) is 63.0 Å². The van der Waals surface area contributed by atoms with Gasteiger partial charge >= 0.3 is 0 Å². The molecule has 2 aromatic carbocycles. The molecule has 1 fully saturated rings. The Labute approximate surface area is 220 Å². The maximum Gasteiger partial charge on any atom is 0.266 e. The number of carbonyl (C=O) groups is 1. The number of hydrogen-bond donors (Lipinski definition) is 3. The molecule has 0 bridgehead atoms. The van der Waals surface area contributed by atoms with Gasteiger partial charge in [0.2, 0.25) is 5.90 Å². The van der Waals surface area contributed by atoms with E-state index in [0.717, 1.165) is 17.7 Å². The van der Waals surface area contributed by atoms with Crippen molar-refractivity contribution in [3.63, 3.8) is 0 Å². The number of aliphatic imine (C=N–C) groups is 1. The van der Waals surface area contributed by atoms with Gasteiger partial charge in [-0.1, -0.05) is 61.7 Å². The van der Waals surface area contributed by atoms with Crippen LogP contribution in [0.25, 0.3) is 6.08 Å². The molecule has 0 saturated heterocycles. The topological polar surface area (TPSA) is 92.2 Å². The highest BCUT2D eigenvalue weighted by Gasteiger charge is 2.49. The van der Waals surface area contributed by atoms with Crippen molar-refractivity contribution in [3.05, 3.63) is 71.8 Å². The Morgan fingerprint density at radius 2 is 1.89 bits per heavy atom. The summed E-state index contributed by atoms with van der Waals surface area (Å²) in [5, 5.41) is 8.94. The highest BCUT2D eigenvalue weighted by molar-refractivity contribution is 6.00. The standard InChI is InChI=1S/C30H39N3O4/c1-23-30(19-8-14-24-10-4-2-5-11-24,29(35)33-31-22-25-12-6-3-7-13-25)32-28(37-23)26-15-17-27(18-16-26)36-21-9-20-34/h2,4-5,8,10-11,14-18,23,25,31,34H,3,6-7,9,12-13,19-22H2,1H3,(H,33,35)/b14-8+/t23-,30-/m0/s1. The maximum absolute atomic E-state index is 13.6. The lowest BCUT2D eigenvalue weighted by Crippen LogP contribution is -2.55. The molecule has 7 heteroatoms. The van der Waals surface area contributed by atoms with E-state index in [2.05, 4.69) is 10.9 Å². The molecular weight excluding hydrogens is 466 g/mol. The number of nitrogens with one attached hydrogen (secondary N) is 2. The van der Waals surface area contributed by atoms with Crippen molar-refractivity contribution >= 4 is 17.9 Å². The molecule has 2 aliphatic rings. The van der Waals surface area contributed by atoms with Crippen LogP contribution >= 0.6 is 0 Å². The lowest BCUT2D eigenvalue weighted by molar-refractivity contribution is -0.129. The molecule has 4 rings (SSSR count). The predicted octanol–water partition coefficient (Wildman–Crippen LogP) is 4.66. The second-order valence-electron chi connectivity index (χ2n) is 9.91. The van der Waals surface area contributed by atoms with Crippen molar-refractivity contribution in [3.8, 4) is 5.75 Å². The Morgan fingerprint density at radius 1 is 1.14 bits per heavy atom. The van der Waals surface area contributed by atoms with Gasteiger partial charge in [0.25, 0.3) is 5.91 Å². The number of hydrogen-bond acceptors (Lipinski definition) is 6. The van der Waals surface area contributed by atoms with E-state index in [4.69, 9.17) is 19.6 Å². The molecule has 1 aliphatic carbocycles. The van der Waals surface area contributed by atoms with Crippen LogP contribution in [0.5, 0.6) is 5.75 Å². The van der Waals surface area contributed by atoms with Crippen molar-refractivity contribution in [2.24, 2.45) is 10.9 Å². The minimum Gasteiger partial charge on any atom is -0.494 e. The van der Waals surface area contributed by atoms with Gasteiger partial charge in [0.05, 0.1) is 6.61 Å². The molecule has 37 heavy (non-hydrogen) atoms. The van der Waals surface area contributed by atoms with Gasteiger partial charge in [0.1, 0.15) is 11.9 Å². The van der Waals surface area contributed by atoms with Crippen LogP contribution in [0.3, 0.4) is 0 Å². The number of hydrazine groups is 1. The first kappa shape index (κ1) is 26.9. The molecule has 1 heterocycles. The van der Waals surface area contributed by atoms with Crippen LogP contribution in [0.2, 0.25) is 0 Å². The number of aliphatic hydroxyl groups excluding tert-OH is 1. The first-order valence-corrected chi connectivity index (χ1v) is 13.5. The number of aliphatic hydroxyl groups is 1. The average molecular weight is 506 g/mol. The lowest BCUT2D eigenvalue weighted by atomic mass is 9.89. The van der Waals surface area contributed by atoms with Gasteiger partial charge in [0.15, 0.2) is 5.54 Å².